The molecule has 1 aliphatic rings. The van der Waals surface area contributed by atoms with Crippen molar-refractivity contribution >= 4 is 34.4 Å². The van der Waals surface area contributed by atoms with Crippen molar-refractivity contribution in [3.8, 4) is 0 Å². The van der Waals surface area contributed by atoms with Crippen LogP contribution in [0.5, 0.6) is 0 Å². The van der Waals surface area contributed by atoms with Gasteiger partial charge in [0.2, 0.25) is 5.91 Å². The molecule has 0 aliphatic heterocycles. The first kappa shape index (κ1) is 18.7. The van der Waals surface area contributed by atoms with E-state index >= 15 is 0 Å². The minimum Gasteiger partial charge on any atom is -0.290 e. The molecule has 0 atom stereocenters. The van der Waals surface area contributed by atoms with Gasteiger partial charge >= 0.3 is 0 Å². The van der Waals surface area contributed by atoms with Gasteiger partial charge in [0, 0.05) is 11.8 Å². The van der Waals surface area contributed by atoms with E-state index in [0.29, 0.717) is 35.0 Å². The first-order valence-corrected chi connectivity index (χ1v) is 9.46. The zero-order valence-corrected chi connectivity index (χ0v) is 15.9. The summed E-state index contributed by atoms with van der Waals surface area (Å²) in [6, 6.07) is 1.69. The number of hydrogen-bond donors (Lipinski definition) is 0. The van der Waals surface area contributed by atoms with E-state index in [-0.39, 0.29) is 23.8 Å². The van der Waals surface area contributed by atoms with Crippen LogP contribution in [0.3, 0.4) is 0 Å². The average Bonchev–Trinajstić information content (AvgIpc) is 3.22. The smallest absolute Gasteiger partial charge is 0.243 e. The number of alkyl halides is 1. The van der Waals surface area contributed by atoms with Gasteiger partial charge < -0.3 is 0 Å². The summed E-state index contributed by atoms with van der Waals surface area (Å²) in [4.78, 5) is 26.4. The molecular formula is C20H17ClF2N4O. The quantitative estimate of drug-likeness (QED) is 0.621. The summed E-state index contributed by atoms with van der Waals surface area (Å²) in [5.41, 5.74) is 3.21. The van der Waals surface area contributed by atoms with Crippen LogP contribution in [0, 0.1) is 18.6 Å². The Morgan fingerprint density at radius 1 is 1.18 bits per heavy atom. The number of fused-ring (bicyclic) bond motifs is 2. The molecule has 0 fully saturated rings. The van der Waals surface area contributed by atoms with Gasteiger partial charge in [-0.05, 0) is 48.9 Å². The summed E-state index contributed by atoms with van der Waals surface area (Å²) in [7, 11) is 0. The maximum atomic E-state index is 14.8. The van der Waals surface area contributed by atoms with Gasteiger partial charge in [-0.15, -0.1) is 11.6 Å². The molecule has 144 valence electrons. The Morgan fingerprint density at radius 3 is 2.75 bits per heavy atom. The monoisotopic (exact) mass is 402 g/mol. The molecule has 8 heteroatoms. The second-order valence-corrected chi connectivity index (χ2v) is 7.02. The van der Waals surface area contributed by atoms with Gasteiger partial charge in [0.05, 0.1) is 24.5 Å². The third-order valence-electron chi connectivity index (χ3n) is 5.19. The molecule has 4 rings (SSSR count). The van der Waals surface area contributed by atoms with Crippen LogP contribution in [-0.2, 0) is 24.2 Å². The number of carbonyl (C=O) groups is 1. The van der Waals surface area contributed by atoms with E-state index in [1.807, 2.05) is 0 Å². The molecule has 0 bridgehead atoms. The fourth-order valence-corrected chi connectivity index (χ4v) is 3.85. The highest BCUT2D eigenvalue weighted by molar-refractivity contribution is 6.29. The maximum absolute atomic E-state index is 14.8. The van der Waals surface area contributed by atoms with Crippen molar-refractivity contribution in [2.45, 2.75) is 32.7 Å². The standard InChI is InChI=1S/C20H17ClF2N4O/c1-11-12-3-2-4-13(12)19(22)20(23)14(11)10-27(18(28)7-21)17-9-25-15-5-6-24-8-16(15)26-17/h5-6,8-9H,2-4,7,10H2,1H3. The third kappa shape index (κ3) is 3.09. The molecule has 0 saturated heterocycles. The van der Waals surface area contributed by atoms with Crippen molar-refractivity contribution in [1.29, 1.82) is 0 Å². The van der Waals surface area contributed by atoms with E-state index in [0.717, 1.165) is 12.0 Å². The van der Waals surface area contributed by atoms with Crippen molar-refractivity contribution in [3.63, 3.8) is 0 Å². The Hall–Kier alpha value is -2.67. The summed E-state index contributed by atoms with van der Waals surface area (Å²) in [6.07, 6.45) is 6.57. The molecular weight excluding hydrogens is 386 g/mol. The fraction of sp³-hybridized carbons (Fsp3) is 0.300. The van der Waals surface area contributed by atoms with Crippen molar-refractivity contribution < 1.29 is 13.6 Å². The minimum absolute atomic E-state index is 0.143. The first-order chi connectivity index (χ1) is 13.5. The lowest BCUT2D eigenvalue weighted by Gasteiger charge is -2.23. The Morgan fingerprint density at radius 2 is 1.96 bits per heavy atom. The zero-order chi connectivity index (χ0) is 19.8. The van der Waals surface area contributed by atoms with Gasteiger partial charge in [-0.1, -0.05) is 0 Å². The van der Waals surface area contributed by atoms with Gasteiger partial charge in [-0.25, -0.2) is 13.8 Å². The Balaban J connectivity index is 1.80. The summed E-state index contributed by atoms with van der Waals surface area (Å²) in [5, 5.41) is 0. The van der Waals surface area contributed by atoms with Crippen LogP contribution >= 0.6 is 11.6 Å². The number of aromatic nitrogens is 3. The lowest BCUT2D eigenvalue weighted by molar-refractivity contribution is -0.116. The molecule has 0 unspecified atom stereocenters. The number of carbonyl (C=O) groups excluding carboxylic acids is 1. The normalized spacial score (nSPS) is 13.0. The van der Waals surface area contributed by atoms with Crippen molar-refractivity contribution in [2.75, 3.05) is 10.8 Å². The zero-order valence-electron chi connectivity index (χ0n) is 15.2. The number of benzene rings is 1. The topological polar surface area (TPSA) is 59.0 Å². The number of rotatable bonds is 4. The lowest BCUT2D eigenvalue weighted by Crippen LogP contribution is -2.33. The van der Waals surface area contributed by atoms with Crippen molar-refractivity contribution in [3.05, 3.63) is 58.5 Å². The van der Waals surface area contributed by atoms with Gasteiger partial charge in [-0.3, -0.25) is 19.7 Å². The molecule has 28 heavy (non-hydrogen) atoms. The highest BCUT2D eigenvalue weighted by atomic mass is 35.5. The second-order valence-electron chi connectivity index (χ2n) is 6.75. The average molecular weight is 403 g/mol. The summed E-state index contributed by atoms with van der Waals surface area (Å²) in [6.45, 7) is 1.59. The van der Waals surface area contributed by atoms with Crippen LogP contribution in [0.1, 0.15) is 28.7 Å². The van der Waals surface area contributed by atoms with Gasteiger partial charge in [0.15, 0.2) is 17.5 Å². The van der Waals surface area contributed by atoms with Crippen LogP contribution in [0.4, 0.5) is 14.6 Å². The molecule has 1 aromatic carbocycles. The van der Waals surface area contributed by atoms with E-state index < -0.39 is 17.5 Å². The number of pyridine rings is 1. The summed E-state index contributed by atoms with van der Waals surface area (Å²) < 4.78 is 29.4. The molecule has 0 spiro atoms. The largest absolute Gasteiger partial charge is 0.290 e. The molecule has 5 nitrogen and oxygen atoms in total. The van der Waals surface area contributed by atoms with Crippen LogP contribution in [0.25, 0.3) is 11.0 Å². The van der Waals surface area contributed by atoms with Gasteiger partial charge in [0.25, 0.3) is 0 Å². The third-order valence-corrected chi connectivity index (χ3v) is 5.41. The van der Waals surface area contributed by atoms with E-state index in [9.17, 15) is 13.6 Å². The van der Waals surface area contributed by atoms with E-state index in [4.69, 9.17) is 11.6 Å². The number of hydrogen-bond acceptors (Lipinski definition) is 4. The molecule has 1 amide bonds. The highest BCUT2D eigenvalue weighted by Crippen LogP contribution is 2.33. The number of anilines is 1. The number of halogens is 3. The van der Waals surface area contributed by atoms with E-state index in [1.54, 1.807) is 19.2 Å². The fourth-order valence-electron chi connectivity index (χ4n) is 3.71. The molecule has 0 radical (unpaired) electrons. The minimum atomic E-state index is -0.916. The van der Waals surface area contributed by atoms with E-state index in [1.165, 1.54) is 17.3 Å². The number of nitrogens with zero attached hydrogens (tertiary/aromatic N) is 4. The van der Waals surface area contributed by atoms with Crippen LogP contribution in [0.2, 0.25) is 0 Å². The van der Waals surface area contributed by atoms with Crippen molar-refractivity contribution in [2.24, 2.45) is 0 Å². The second kappa shape index (κ2) is 7.39. The van der Waals surface area contributed by atoms with Crippen LogP contribution in [0.15, 0.2) is 24.7 Å². The summed E-state index contributed by atoms with van der Waals surface area (Å²) >= 11 is 5.77. The van der Waals surface area contributed by atoms with Gasteiger partial charge in [0.1, 0.15) is 11.4 Å². The van der Waals surface area contributed by atoms with Gasteiger partial charge in [-0.2, -0.15) is 0 Å². The first-order valence-electron chi connectivity index (χ1n) is 8.92. The number of amides is 1. The summed E-state index contributed by atoms with van der Waals surface area (Å²) in [5.74, 6) is -2.31. The lowest BCUT2D eigenvalue weighted by atomic mass is 9.97. The Kier molecular flexibility index (Phi) is 4.93. The Labute approximate surface area is 165 Å². The van der Waals surface area contributed by atoms with Crippen LogP contribution < -0.4 is 4.90 Å². The van der Waals surface area contributed by atoms with E-state index in [2.05, 4.69) is 15.0 Å². The SMILES string of the molecule is Cc1c(CN(C(=O)CCl)c2cnc3ccncc3n2)c(F)c(F)c2c1CCC2. The molecule has 1 aliphatic carbocycles. The van der Waals surface area contributed by atoms with Crippen molar-refractivity contribution in [1.82, 2.24) is 15.0 Å². The highest BCUT2D eigenvalue weighted by Gasteiger charge is 2.28. The Bertz CT molecular complexity index is 1090. The molecule has 2 aromatic heterocycles. The molecule has 2 heterocycles. The maximum Gasteiger partial charge on any atom is 0.243 e. The van der Waals surface area contributed by atoms with Crippen LogP contribution in [-0.4, -0.2) is 26.7 Å². The predicted octanol–water partition coefficient (Wildman–Crippen LogP) is 3.87. The molecule has 3 aromatic rings. The molecule has 0 saturated carbocycles. The predicted molar refractivity (Wildman–Crippen MR) is 102 cm³/mol. The molecule has 0 N–H and O–H groups in total.